The molecule has 6 nitrogen and oxygen atoms in total. The van der Waals surface area contributed by atoms with Crippen molar-refractivity contribution in [3.63, 3.8) is 0 Å². The molecule has 128 valence electrons. The summed E-state index contributed by atoms with van der Waals surface area (Å²) in [6, 6.07) is -0.643. The van der Waals surface area contributed by atoms with Crippen LogP contribution in [0.5, 0.6) is 0 Å². The highest BCUT2D eigenvalue weighted by Gasteiger charge is 2.35. The molecule has 3 N–H and O–H groups in total. The Bertz CT molecular complexity index is 424. The van der Waals surface area contributed by atoms with Gasteiger partial charge >= 0.3 is 0 Å². The van der Waals surface area contributed by atoms with Gasteiger partial charge in [-0.15, -0.1) is 0 Å². The molecule has 0 bridgehead atoms. The van der Waals surface area contributed by atoms with Gasteiger partial charge in [0.25, 0.3) is 0 Å². The Kier molecular flexibility index (Phi) is 8.33. The largest absolute Gasteiger partial charge is 0.369 e. The van der Waals surface area contributed by atoms with Gasteiger partial charge in [-0.05, 0) is 32.3 Å². The molecular weight excluding hydrogens is 303 g/mol. The van der Waals surface area contributed by atoms with E-state index in [4.69, 9.17) is 15.0 Å². The molecule has 1 aliphatic rings. The summed E-state index contributed by atoms with van der Waals surface area (Å²) < 4.78 is 23.5. The molecule has 4 atom stereocenters. The van der Waals surface area contributed by atoms with Crippen molar-refractivity contribution in [3.05, 3.63) is 11.4 Å². The van der Waals surface area contributed by atoms with Gasteiger partial charge in [0, 0.05) is 18.3 Å². The molecule has 1 amide bonds. The average Bonchev–Trinajstić information content (AvgIpc) is 2.47. The SMILES string of the molecule is CCO[PH](=O)C1=C[C@@H](OC(CC)CC)[C@H](NC(C)=O)[C@@H](N)C1. The molecule has 1 unspecified atom stereocenters. The summed E-state index contributed by atoms with van der Waals surface area (Å²) in [6.07, 6.45) is 3.74. The van der Waals surface area contributed by atoms with Crippen molar-refractivity contribution in [2.75, 3.05) is 6.61 Å². The van der Waals surface area contributed by atoms with Gasteiger partial charge in [-0.25, -0.2) is 0 Å². The number of rotatable bonds is 8. The van der Waals surface area contributed by atoms with E-state index in [1.165, 1.54) is 6.92 Å². The van der Waals surface area contributed by atoms with Gasteiger partial charge in [-0.2, -0.15) is 0 Å². The second kappa shape index (κ2) is 9.46. The molecule has 1 aliphatic carbocycles. The van der Waals surface area contributed by atoms with Crippen LogP contribution in [0, 0.1) is 0 Å². The number of carbonyl (C=O) groups excluding carboxylic acids is 1. The molecule has 0 aromatic heterocycles. The van der Waals surface area contributed by atoms with Crippen molar-refractivity contribution in [3.8, 4) is 0 Å². The van der Waals surface area contributed by atoms with Crippen LogP contribution in [0.1, 0.15) is 47.0 Å². The van der Waals surface area contributed by atoms with Crippen molar-refractivity contribution in [2.24, 2.45) is 5.73 Å². The maximum Gasteiger partial charge on any atom is 0.217 e. The molecule has 0 fully saturated rings. The van der Waals surface area contributed by atoms with Crippen LogP contribution < -0.4 is 11.1 Å². The third-order valence-corrected chi connectivity index (χ3v) is 5.25. The zero-order valence-electron chi connectivity index (χ0n) is 13.9. The first-order valence-electron chi connectivity index (χ1n) is 7.98. The fourth-order valence-corrected chi connectivity index (χ4v) is 3.77. The summed E-state index contributed by atoms with van der Waals surface area (Å²) in [4.78, 5) is 11.4. The Hall–Kier alpha value is -0.680. The minimum atomic E-state index is -2.27. The fourth-order valence-electron chi connectivity index (χ4n) is 2.62. The number of nitrogens with two attached hydrogens (primary N) is 1. The van der Waals surface area contributed by atoms with E-state index in [1.807, 2.05) is 13.0 Å². The molecular formula is C15H29N2O4P. The second-order valence-corrected chi connectivity index (χ2v) is 7.05. The molecule has 0 aromatic rings. The molecule has 0 saturated heterocycles. The first kappa shape index (κ1) is 19.4. The lowest BCUT2D eigenvalue weighted by molar-refractivity contribution is -0.121. The smallest absolute Gasteiger partial charge is 0.217 e. The Balaban J connectivity index is 2.98. The highest BCUT2D eigenvalue weighted by molar-refractivity contribution is 7.44. The van der Waals surface area contributed by atoms with Crippen LogP contribution in [0.2, 0.25) is 0 Å². The Morgan fingerprint density at radius 3 is 2.59 bits per heavy atom. The van der Waals surface area contributed by atoms with E-state index < -0.39 is 8.03 Å². The van der Waals surface area contributed by atoms with Gasteiger partial charge in [0.1, 0.15) is 0 Å². The predicted octanol–water partition coefficient (Wildman–Crippen LogP) is 2.19. The van der Waals surface area contributed by atoms with Crippen LogP contribution in [0.4, 0.5) is 0 Å². The van der Waals surface area contributed by atoms with Gasteiger partial charge in [0.15, 0.2) is 0 Å². The summed E-state index contributed by atoms with van der Waals surface area (Å²) in [6.45, 7) is 7.78. The minimum absolute atomic E-state index is 0.0819. The molecule has 0 radical (unpaired) electrons. The first-order valence-corrected chi connectivity index (χ1v) is 9.30. The molecule has 0 aromatic carbocycles. The summed E-state index contributed by atoms with van der Waals surface area (Å²) in [5.41, 5.74) is 6.19. The van der Waals surface area contributed by atoms with Crippen molar-refractivity contribution in [1.82, 2.24) is 5.32 Å². The lowest BCUT2D eigenvalue weighted by Gasteiger charge is -2.36. The molecule has 0 heterocycles. The van der Waals surface area contributed by atoms with Crippen LogP contribution in [-0.2, 0) is 18.6 Å². The quantitative estimate of drug-likeness (QED) is 0.665. The number of nitrogens with one attached hydrogen (secondary N) is 1. The van der Waals surface area contributed by atoms with E-state index in [1.54, 1.807) is 0 Å². The average molecular weight is 332 g/mol. The van der Waals surface area contributed by atoms with Crippen LogP contribution >= 0.6 is 8.03 Å². The Morgan fingerprint density at radius 1 is 1.45 bits per heavy atom. The first-order chi connectivity index (χ1) is 10.4. The normalized spacial score (nSPS) is 26.6. The summed E-state index contributed by atoms with van der Waals surface area (Å²) >= 11 is 0. The standard InChI is InChI=1S/C15H29N2O4P/c1-5-11(6-2)21-14-9-12(22(19)20-7-3)8-13(16)15(14)17-10(4)18/h9,11,13-15,22H,5-8,16H2,1-4H3,(H,17,18)/t13-,14+,15+/m0/s1. The maximum atomic E-state index is 12.1. The third kappa shape index (κ3) is 5.51. The fraction of sp³-hybridized carbons (Fsp3) is 0.800. The molecule has 22 heavy (non-hydrogen) atoms. The number of amides is 1. The Labute approximate surface area is 133 Å². The summed E-state index contributed by atoms with van der Waals surface area (Å²) in [5, 5.41) is 3.57. The zero-order chi connectivity index (χ0) is 16.7. The minimum Gasteiger partial charge on any atom is -0.369 e. The highest BCUT2D eigenvalue weighted by Crippen LogP contribution is 2.40. The van der Waals surface area contributed by atoms with Crippen LogP contribution in [0.25, 0.3) is 0 Å². The molecule has 0 saturated carbocycles. The van der Waals surface area contributed by atoms with Gasteiger partial charge in [0.05, 0.1) is 24.9 Å². The van der Waals surface area contributed by atoms with Crippen molar-refractivity contribution in [2.45, 2.75) is 71.2 Å². The number of ether oxygens (including phenoxy) is 1. The van der Waals surface area contributed by atoms with E-state index in [0.717, 1.165) is 12.8 Å². The van der Waals surface area contributed by atoms with Crippen LogP contribution in [-0.4, -0.2) is 36.8 Å². The van der Waals surface area contributed by atoms with Crippen LogP contribution in [0.3, 0.4) is 0 Å². The van der Waals surface area contributed by atoms with Gasteiger partial charge < -0.3 is 20.3 Å². The van der Waals surface area contributed by atoms with Gasteiger partial charge in [-0.1, -0.05) is 13.8 Å². The Morgan fingerprint density at radius 2 is 2.09 bits per heavy atom. The van der Waals surface area contributed by atoms with Gasteiger partial charge in [-0.3, -0.25) is 9.36 Å². The lowest BCUT2D eigenvalue weighted by atomic mass is 9.93. The zero-order valence-corrected chi connectivity index (χ0v) is 14.9. The number of hydrogen-bond donors (Lipinski definition) is 2. The lowest BCUT2D eigenvalue weighted by Crippen LogP contribution is -2.56. The second-order valence-electron chi connectivity index (χ2n) is 5.55. The van der Waals surface area contributed by atoms with Gasteiger partial charge in [0.2, 0.25) is 13.9 Å². The predicted molar refractivity (Wildman–Crippen MR) is 88.2 cm³/mol. The van der Waals surface area contributed by atoms with E-state index >= 15 is 0 Å². The maximum absolute atomic E-state index is 12.1. The van der Waals surface area contributed by atoms with Crippen LogP contribution in [0.15, 0.2) is 11.4 Å². The van der Waals surface area contributed by atoms with E-state index in [-0.39, 0.29) is 30.2 Å². The monoisotopic (exact) mass is 332 g/mol. The van der Waals surface area contributed by atoms with Crippen molar-refractivity contribution < 1.29 is 18.6 Å². The summed E-state index contributed by atoms with van der Waals surface area (Å²) in [7, 11) is -2.27. The van der Waals surface area contributed by atoms with E-state index in [0.29, 0.717) is 18.3 Å². The number of carbonyl (C=O) groups is 1. The van der Waals surface area contributed by atoms with E-state index in [9.17, 15) is 9.36 Å². The number of hydrogen-bond acceptors (Lipinski definition) is 5. The topological polar surface area (TPSA) is 90.6 Å². The van der Waals surface area contributed by atoms with Crippen molar-refractivity contribution >= 4 is 13.9 Å². The van der Waals surface area contributed by atoms with E-state index in [2.05, 4.69) is 19.2 Å². The molecule has 0 aliphatic heterocycles. The third-order valence-electron chi connectivity index (χ3n) is 3.80. The summed E-state index contributed by atoms with van der Waals surface area (Å²) in [5.74, 6) is -0.145. The highest BCUT2D eigenvalue weighted by atomic mass is 31.1. The molecule has 0 spiro atoms. The molecule has 1 rings (SSSR count). The van der Waals surface area contributed by atoms with Crippen molar-refractivity contribution in [1.29, 1.82) is 0 Å². The molecule has 7 heteroatoms.